The lowest BCUT2D eigenvalue weighted by Gasteiger charge is -2.31. The molecule has 0 heterocycles. The van der Waals surface area contributed by atoms with Crippen LogP contribution in [0.15, 0.2) is 23.2 Å². The van der Waals surface area contributed by atoms with Crippen LogP contribution in [-0.2, 0) is 0 Å². The summed E-state index contributed by atoms with van der Waals surface area (Å²) in [6, 6.07) is 4.32. The zero-order valence-electron chi connectivity index (χ0n) is 15.8. The Morgan fingerprint density at radius 3 is 2.62 bits per heavy atom. The molecule has 0 bridgehead atoms. The number of anilines is 1. The maximum atomic E-state index is 13.6. The number of aliphatic imine (C=N–C) groups is 1. The summed E-state index contributed by atoms with van der Waals surface area (Å²) in [6.07, 6.45) is 11.2. The van der Waals surface area contributed by atoms with E-state index in [1.165, 1.54) is 69.6 Å². The van der Waals surface area contributed by atoms with Crippen LogP contribution in [0, 0.1) is 17.7 Å². The number of hydrogen-bond acceptors (Lipinski definition) is 2. The number of nitrogens with one attached hydrogen (secondary N) is 2. The number of guanidine groups is 1. The van der Waals surface area contributed by atoms with E-state index in [4.69, 9.17) is 4.99 Å². The van der Waals surface area contributed by atoms with Crippen molar-refractivity contribution in [2.75, 3.05) is 11.9 Å². The van der Waals surface area contributed by atoms with E-state index in [0.717, 1.165) is 13.0 Å². The summed E-state index contributed by atoms with van der Waals surface area (Å²) in [7, 11) is 0. The normalized spacial score (nSPS) is 25.1. The van der Waals surface area contributed by atoms with Crippen molar-refractivity contribution in [2.45, 2.75) is 70.8 Å². The van der Waals surface area contributed by atoms with Gasteiger partial charge in [0, 0.05) is 18.7 Å². The number of phenolic OH excluding ortho intramolecular Hbond substituents is 1. The number of benzene rings is 1. The summed E-state index contributed by atoms with van der Waals surface area (Å²) < 4.78 is 13.6. The molecule has 5 heteroatoms. The van der Waals surface area contributed by atoms with Crippen molar-refractivity contribution in [3.63, 3.8) is 0 Å². The first-order valence-electron chi connectivity index (χ1n) is 10.2. The minimum atomic E-state index is -0.372. The number of rotatable bonds is 4. The summed E-state index contributed by atoms with van der Waals surface area (Å²) in [5.74, 6) is 1.55. The molecule has 2 atom stereocenters. The van der Waals surface area contributed by atoms with E-state index in [1.807, 2.05) is 0 Å². The van der Waals surface area contributed by atoms with Crippen LogP contribution in [-0.4, -0.2) is 23.7 Å². The fourth-order valence-electron chi connectivity index (χ4n) is 4.15. The molecule has 0 saturated heterocycles. The van der Waals surface area contributed by atoms with Gasteiger partial charge < -0.3 is 15.7 Å². The van der Waals surface area contributed by atoms with Gasteiger partial charge in [0.2, 0.25) is 0 Å². The quantitative estimate of drug-likeness (QED) is 0.400. The summed E-state index contributed by atoms with van der Waals surface area (Å²) in [6.45, 7) is 3.06. The van der Waals surface area contributed by atoms with Gasteiger partial charge in [-0.3, -0.25) is 4.99 Å². The van der Waals surface area contributed by atoms with Gasteiger partial charge in [-0.2, -0.15) is 0 Å². The molecule has 1 aromatic rings. The Morgan fingerprint density at radius 1 is 1.12 bits per heavy atom. The SMILES string of the molecule is CC1CCCCC1NC(=NCC1CCCCC1)Nc1cc(F)ccc1O. The van der Waals surface area contributed by atoms with Crippen LogP contribution in [0.5, 0.6) is 5.75 Å². The highest BCUT2D eigenvalue weighted by molar-refractivity contribution is 5.95. The van der Waals surface area contributed by atoms with Crippen LogP contribution in [0.1, 0.15) is 64.7 Å². The number of aromatic hydroxyl groups is 1. The molecular formula is C21H32FN3O. The van der Waals surface area contributed by atoms with Gasteiger partial charge in [-0.15, -0.1) is 0 Å². The van der Waals surface area contributed by atoms with Crippen molar-refractivity contribution < 1.29 is 9.50 Å². The van der Waals surface area contributed by atoms with Gasteiger partial charge in [-0.25, -0.2) is 4.39 Å². The lowest BCUT2D eigenvalue weighted by Crippen LogP contribution is -2.44. The Bertz CT molecular complexity index is 613. The highest BCUT2D eigenvalue weighted by Crippen LogP contribution is 2.27. The van der Waals surface area contributed by atoms with E-state index in [1.54, 1.807) is 0 Å². The van der Waals surface area contributed by atoms with Crippen molar-refractivity contribution in [1.82, 2.24) is 5.32 Å². The lowest BCUT2D eigenvalue weighted by atomic mass is 9.86. The smallest absolute Gasteiger partial charge is 0.196 e. The van der Waals surface area contributed by atoms with E-state index in [9.17, 15) is 9.50 Å². The minimum absolute atomic E-state index is 0.0373. The first-order valence-corrected chi connectivity index (χ1v) is 10.2. The molecule has 2 unspecified atom stereocenters. The van der Waals surface area contributed by atoms with Crippen molar-refractivity contribution in [3.8, 4) is 5.75 Å². The van der Waals surface area contributed by atoms with Crippen LogP contribution in [0.2, 0.25) is 0 Å². The second-order valence-corrected chi connectivity index (χ2v) is 7.99. The van der Waals surface area contributed by atoms with Gasteiger partial charge in [0.05, 0.1) is 5.69 Å². The maximum Gasteiger partial charge on any atom is 0.196 e. The Kier molecular flexibility index (Phi) is 6.75. The van der Waals surface area contributed by atoms with Crippen molar-refractivity contribution in [2.24, 2.45) is 16.8 Å². The van der Waals surface area contributed by atoms with E-state index in [-0.39, 0.29) is 11.6 Å². The third-order valence-electron chi connectivity index (χ3n) is 5.88. The van der Waals surface area contributed by atoms with Gasteiger partial charge in [-0.05, 0) is 49.7 Å². The Hall–Kier alpha value is -1.78. The largest absolute Gasteiger partial charge is 0.506 e. The van der Waals surface area contributed by atoms with Crippen molar-refractivity contribution in [1.29, 1.82) is 0 Å². The zero-order valence-corrected chi connectivity index (χ0v) is 15.8. The molecule has 0 spiro atoms. The lowest BCUT2D eigenvalue weighted by molar-refractivity contribution is 0.308. The minimum Gasteiger partial charge on any atom is -0.506 e. The van der Waals surface area contributed by atoms with Crippen LogP contribution in [0.3, 0.4) is 0 Å². The summed E-state index contributed by atoms with van der Waals surface area (Å²) in [5.41, 5.74) is 0.364. The highest BCUT2D eigenvalue weighted by Gasteiger charge is 2.23. The van der Waals surface area contributed by atoms with Gasteiger partial charge in [0.25, 0.3) is 0 Å². The number of hydrogen-bond donors (Lipinski definition) is 3. The molecule has 2 fully saturated rings. The van der Waals surface area contributed by atoms with Crippen LogP contribution < -0.4 is 10.6 Å². The first kappa shape index (κ1) is 19.0. The summed E-state index contributed by atoms with van der Waals surface area (Å²) in [5, 5.41) is 16.7. The van der Waals surface area contributed by atoms with Crippen LogP contribution in [0.25, 0.3) is 0 Å². The average molecular weight is 362 g/mol. The average Bonchev–Trinajstić information content (AvgIpc) is 2.65. The van der Waals surface area contributed by atoms with Crippen LogP contribution in [0.4, 0.5) is 10.1 Å². The Morgan fingerprint density at radius 2 is 1.85 bits per heavy atom. The molecule has 2 aliphatic carbocycles. The molecule has 26 heavy (non-hydrogen) atoms. The van der Waals surface area contributed by atoms with E-state index >= 15 is 0 Å². The van der Waals surface area contributed by atoms with Crippen LogP contribution >= 0.6 is 0 Å². The predicted octanol–water partition coefficient (Wildman–Crippen LogP) is 5.05. The molecule has 1 aromatic carbocycles. The molecule has 2 aliphatic rings. The molecule has 144 valence electrons. The topological polar surface area (TPSA) is 56.7 Å². The van der Waals surface area contributed by atoms with E-state index in [2.05, 4.69) is 17.6 Å². The number of phenols is 1. The molecule has 0 amide bonds. The van der Waals surface area contributed by atoms with Gasteiger partial charge >= 0.3 is 0 Å². The second kappa shape index (κ2) is 9.24. The fourth-order valence-corrected chi connectivity index (χ4v) is 4.15. The summed E-state index contributed by atoms with van der Waals surface area (Å²) >= 11 is 0. The molecule has 0 radical (unpaired) electrons. The first-order chi connectivity index (χ1) is 12.6. The van der Waals surface area contributed by atoms with Gasteiger partial charge in [0.15, 0.2) is 5.96 Å². The third kappa shape index (κ3) is 5.36. The standard InChI is InChI=1S/C21H32FN3O/c1-15-7-5-6-10-18(15)24-21(23-14-16-8-3-2-4-9-16)25-19-13-17(22)11-12-20(19)26/h11-13,15-16,18,26H,2-10,14H2,1H3,(H2,23,24,25). The fraction of sp³-hybridized carbons (Fsp3) is 0.667. The van der Waals surface area contributed by atoms with Gasteiger partial charge in [0.1, 0.15) is 11.6 Å². The Labute approximate surface area is 156 Å². The van der Waals surface area contributed by atoms with E-state index in [0.29, 0.717) is 29.5 Å². The zero-order chi connectivity index (χ0) is 18.4. The molecule has 3 N–H and O–H groups in total. The van der Waals surface area contributed by atoms with Crippen molar-refractivity contribution in [3.05, 3.63) is 24.0 Å². The van der Waals surface area contributed by atoms with Gasteiger partial charge in [-0.1, -0.05) is 39.0 Å². The molecule has 4 nitrogen and oxygen atoms in total. The number of nitrogens with zero attached hydrogens (tertiary/aromatic N) is 1. The van der Waals surface area contributed by atoms with E-state index < -0.39 is 0 Å². The molecule has 0 aliphatic heterocycles. The molecule has 2 saturated carbocycles. The maximum absolute atomic E-state index is 13.6. The molecule has 0 aromatic heterocycles. The van der Waals surface area contributed by atoms with Crippen molar-refractivity contribution >= 4 is 11.6 Å². The number of halogens is 1. The molecule has 3 rings (SSSR count). The Balaban J connectivity index is 1.72. The monoisotopic (exact) mass is 361 g/mol. The molecular weight excluding hydrogens is 329 g/mol. The third-order valence-corrected chi connectivity index (χ3v) is 5.88. The highest BCUT2D eigenvalue weighted by atomic mass is 19.1. The second-order valence-electron chi connectivity index (χ2n) is 7.99. The predicted molar refractivity (Wildman–Crippen MR) is 105 cm³/mol. The summed E-state index contributed by atoms with van der Waals surface area (Å²) in [4.78, 5) is 4.80.